The zero-order chi connectivity index (χ0) is 17.6. The average Bonchev–Trinajstić information content (AvgIpc) is 2.89. The second-order valence-electron chi connectivity index (χ2n) is 5.81. The summed E-state index contributed by atoms with van der Waals surface area (Å²) in [6, 6.07) is 12.4. The Morgan fingerprint density at radius 1 is 1.08 bits per heavy atom. The van der Waals surface area contributed by atoms with Gasteiger partial charge in [-0.25, -0.2) is 9.78 Å². The van der Waals surface area contributed by atoms with Gasteiger partial charge in [0.15, 0.2) is 6.20 Å². The zero-order valence-electron chi connectivity index (χ0n) is 13.7. The molecular weight excluding hydrogens is 322 g/mol. The van der Waals surface area contributed by atoms with Crippen molar-refractivity contribution in [3.8, 4) is 0 Å². The zero-order valence-corrected chi connectivity index (χ0v) is 13.7. The molecule has 8 nitrogen and oxygen atoms in total. The summed E-state index contributed by atoms with van der Waals surface area (Å²) < 4.78 is 0. The molecule has 1 aliphatic heterocycles. The van der Waals surface area contributed by atoms with Gasteiger partial charge in [0.1, 0.15) is 6.54 Å². The Balaban J connectivity index is 1.60. The Bertz CT molecular complexity index is 736. The minimum atomic E-state index is -0.432. The molecule has 0 saturated carbocycles. The van der Waals surface area contributed by atoms with Crippen LogP contribution in [-0.2, 0) is 0 Å². The molecule has 0 atom stereocenters. The number of rotatable bonds is 3. The predicted octanol–water partition coefficient (Wildman–Crippen LogP) is 2.15. The van der Waals surface area contributed by atoms with Gasteiger partial charge in [0.25, 0.3) is 5.82 Å². The van der Waals surface area contributed by atoms with Crippen LogP contribution in [0.2, 0.25) is 0 Å². The number of nitrogens with one attached hydrogen (secondary N) is 2. The van der Waals surface area contributed by atoms with Crippen LogP contribution in [0.3, 0.4) is 0 Å². The van der Waals surface area contributed by atoms with Crippen molar-refractivity contribution in [1.82, 2.24) is 4.90 Å². The number of H-pyrrole nitrogens is 1. The van der Waals surface area contributed by atoms with E-state index < -0.39 is 4.92 Å². The summed E-state index contributed by atoms with van der Waals surface area (Å²) in [5.74, 6) is 0.816. The van der Waals surface area contributed by atoms with Gasteiger partial charge < -0.3 is 10.2 Å². The van der Waals surface area contributed by atoms with Gasteiger partial charge in [-0.3, -0.25) is 15.0 Å². The molecule has 0 radical (unpaired) electrons. The Hall–Kier alpha value is -3.16. The lowest BCUT2D eigenvalue weighted by Gasteiger charge is -2.20. The van der Waals surface area contributed by atoms with Crippen LogP contribution in [0.15, 0.2) is 48.7 Å². The van der Waals surface area contributed by atoms with E-state index in [-0.39, 0.29) is 11.7 Å². The van der Waals surface area contributed by atoms with Crippen molar-refractivity contribution in [2.45, 2.75) is 6.42 Å². The second-order valence-corrected chi connectivity index (χ2v) is 5.81. The maximum absolute atomic E-state index is 12.4. The number of hydrogen-bond acceptors (Lipinski definition) is 4. The highest BCUT2D eigenvalue weighted by molar-refractivity contribution is 5.89. The number of aromatic amines is 1. The van der Waals surface area contributed by atoms with Gasteiger partial charge in [0.2, 0.25) is 0 Å². The first kappa shape index (κ1) is 16.7. The molecule has 25 heavy (non-hydrogen) atoms. The normalized spacial score (nSPS) is 14.7. The molecule has 1 saturated heterocycles. The van der Waals surface area contributed by atoms with Crippen LogP contribution >= 0.6 is 0 Å². The summed E-state index contributed by atoms with van der Waals surface area (Å²) in [6.45, 7) is 2.70. The smallest absolute Gasteiger partial charge is 0.320 e. The van der Waals surface area contributed by atoms with Crippen molar-refractivity contribution < 1.29 is 14.7 Å². The topological polar surface area (TPSA) is 92.9 Å². The van der Waals surface area contributed by atoms with E-state index >= 15 is 0 Å². The van der Waals surface area contributed by atoms with Crippen molar-refractivity contribution in [2.75, 3.05) is 36.4 Å². The number of carbonyl (C=O) groups is 1. The third kappa shape index (κ3) is 4.23. The van der Waals surface area contributed by atoms with Gasteiger partial charge in [-0.15, -0.1) is 0 Å². The first-order chi connectivity index (χ1) is 12.1. The number of para-hydroxylation sites is 1. The molecule has 0 aliphatic carbocycles. The highest BCUT2D eigenvalue weighted by atomic mass is 16.6. The summed E-state index contributed by atoms with van der Waals surface area (Å²) >= 11 is 0. The summed E-state index contributed by atoms with van der Waals surface area (Å²) in [7, 11) is 0. The lowest BCUT2D eigenvalue weighted by atomic mass is 10.3. The predicted molar refractivity (Wildman–Crippen MR) is 93.5 cm³/mol. The lowest BCUT2D eigenvalue weighted by Crippen LogP contribution is -2.38. The third-order valence-electron chi connectivity index (χ3n) is 4.14. The van der Waals surface area contributed by atoms with E-state index in [4.69, 9.17) is 0 Å². The maximum atomic E-state index is 12.4. The summed E-state index contributed by atoms with van der Waals surface area (Å²) in [5, 5.41) is 13.6. The highest BCUT2D eigenvalue weighted by Gasteiger charge is 2.24. The van der Waals surface area contributed by atoms with E-state index in [0.717, 1.165) is 24.5 Å². The number of nitrogens with zero attached hydrogens (tertiary/aromatic N) is 3. The minimum Gasteiger partial charge on any atom is -0.320 e. The van der Waals surface area contributed by atoms with E-state index in [9.17, 15) is 14.9 Å². The average molecular weight is 342 g/mol. The number of anilines is 2. The molecule has 1 aromatic heterocycles. The molecule has 3 rings (SSSR count). The number of aromatic nitrogens is 1. The van der Waals surface area contributed by atoms with Gasteiger partial charge in [-0.2, -0.15) is 0 Å². The highest BCUT2D eigenvalue weighted by Crippen LogP contribution is 2.15. The van der Waals surface area contributed by atoms with Crippen LogP contribution < -0.4 is 15.2 Å². The molecule has 2 heterocycles. The largest absolute Gasteiger partial charge is 0.321 e. The molecule has 0 spiro atoms. The number of carbonyl (C=O) groups excluding carboxylic acids is 1. The number of benzene rings is 1. The molecule has 0 bridgehead atoms. The molecule has 2 N–H and O–H groups in total. The van der Waals surface area contributed by atoms with Crippen LogP contribution in [0.1, 0.15) is 6.42 Å². The molecule has 8 heteroatoms. The quantitative estimate of drug-likeness (QED) is 0.683. The Morgan fingerprint density at radius 3 is 2.56 bits per heavy atom. The molecule has 130 valence electrons. The number of nitro groups is 1. The first-order valence-electron chi connectivity index (χ1n) is 8.15. The molecule has 2 aromatic rings. The number of pyridine rings is 1. The van der Waals surface area contributed by atoms with E-state index in [2.05, 4.69) is 15.2 Å². The van der Waals surface area contributed by atoms with Gasteiger partial charge in [0.05, 0.1) is 18.0 Å². The van der Waals surface area contributed by atoms with Gasteiger partial charge in [0, 0.05) is 30.8 Å². The SMILES string of the molecule is O=C(Nc1ccccc1)N1CCCN(c2ccc([N+](=O)[O-])c[nH+]2)CC1. The molecule has 1 fully saturated rings. The monoisotopic (exact) mass is 342 g/mol. The minimum absolute atomic E-state index is 0.0300. The summed E-state index contributed by atoms with van der Waals surface area (Å²) in [4.78, 5) is 29.5. The fraction of sp³-hybridized carbons (Fsp3) is 0.294. The van der Waals surface area contributed by atoms with Crippen LogP contribution in [-0.4, -0.2) is 42.0 Å². The maximum Gasteiger partial charge on any atom is 0.321 e. The van der Waals surface area contributed by atoms with Crippen LogP contribution in [0.25, 0.3) is 0 Å². The molecule has 1 aromatic carbocycles. The van der Waals surface area contributed by atoms with E-state index in [1.165, 1.54) is 12.3 Å². The van der Waals surface area contributed by atoms with Crippen molar-refractivity contribution in [2.24, 2.45) is 0 Å². The van der Waals surface area contributed by atoms with Crippen molar-refractivity contribution in [1.29, 1.82) is 0 Å². The van der Waals surface area contributed by atoms with Crippen molar-refractivity contribution >= 4 is 23.2 Å². The number of urea groups is 1. The second kappa shape index (κ2) is 7.61. The van der Waals surface area contributed by atoms with Gasteiger partial charge in [-0.05, 0) is 12.1 Å². The first-order valence-corrected chi connectivity index (χ1v) is 8.15. The van der Waals surface area contributed by atoms with Crippen LogP contribution in [0, 0.1) is 10.1 Å². The van der Waals surface area contributed by atoms with E-state index in [0.29, 0.717) is 19.6 Å². The van der Waals surface area contributed by atoms with Crippen LogP contribution in [0.5, 0.6) is 0 Å². The molecule has 2 amide bonds. The number of amides is 2. The standard InChI is InChI=1S/C17H19N5O3/c23-17(19-14-5-2-1-3-6-14)21-10-4-9-20(11-12-21)16-8-7-15(13-18-16)22(24)25/h1-3,5-8,13H,4,9-12H2,(H,19,23)/p+1. The lowest BCUT2D eigenvalue weighted by molar-refractivity contribution is -0.414. The third-order valence-corrected chi connectivity index (χ3v) is 4.14. The van der Waals surface area contributed by atoms with Gasteiger partial charge in [-0.1, -0.05) is 18.2 Å². The number of hydrogen-bond donors (Lipinski definition) is 1. The molecular formula is C17H20N5O3+. The van der Waals surface area contributed by atoms with Crippen molar-refractivity contribution in [3.63, 3.8) is 0 Å². The molecule has 0 unspecified atom stereocenters. The molecule has 1 aliphatic rings. The fourth-order valence-corrected chi connectivity index (χ4v) is 2.80. The fourth-order valence-electron chi connectivity index (χ4n) is 2.80. The Labute approximate surface area is 145 Å². The van der Waals surface area contributed by atoms with E-state index in [1.807, 2.05) is 30.3 Å². The Morgan fingerprint density at radius 2 is 1.88 bits per heavy atom. The summed E-state index contributed by atoms with van der Waals surface area (Å²) in [6.07, 6.45) is 2.22. The van der Waals surface area contributed by atoms with Crippen molar-refractivity contribution in [3.05, 3.63) is 58.8 Å². The van der Waals surface area contributed by atoms with Gasteiger partial charge >= 0.3 is 11.7 Å². The summed E-state index contributed by atoms with van der Waals surface area (Å²) in [5.41, 5.74) is 0.805. The van der Waals surface area contributed by atoms with Crippen LogP contribution in [0.4, 0.5) is 22.0 Å². The van der Waals surface area contributed by atoms with E-state index in [1.54, 1.807) is 11.0 Å². The Kier molecular flexibility index (Phi) is 5.08.